The Morgan fingerprint density at radius 1 is 1.25 bits per heavy atom. The molecule has 0 aromatic carbocycles. The van der Waals surface area contributed by atoms with Crippen LogP contribution in [0.3, 0.4) is 0 Å². The van der Waals surface area contributed by atoms with E-state index in [9.17, 15) is 19.2 Å². The summed E-state index contributed by atoms with van der Waals surface area (Å²) in [5.74, 6) is -0.737. The summed E-state index contributed by atoms with van der Waals surface area (Å²) in [5, 5.41) is 8.28. The molecule has 10 heteroatoms. The quantitative estimate of drug-likeness (QED) is 0.421. The number of rotatable bonds is 3. The van der Waals surface area contributed by atoms with E-state index in [1.54, 1.807) is 0 Å². The number of carbonyl (C=O) groups is 1. The molecule has 0 bridgehead atoms. The van der Waals surface area contributed by atoms with Gasteiger partial charge in [0.25, 0.3) is 17.0 Å². The Morgan fingerprint density at radius 2 is 2.00 bits per heavy atom. The predicted molar refractivity (Wildman–Crippen MR) is 68.1 cm³/mol. The molecule has 2 heterocycles. The third kappa shape index (κ3) is 2.80. The molecule has 0 atom stereocenters. The molecule has 0 saturated heterocycles. The molecule has 0 aliphatic rings. The zero-order chi connectivity index (χ0) is 14.7. The summed E-state index contributed by atoms with van der Waals surface area (Å²) in [7, 11) is 0. The Labute approximate surface area is 110 Å². The lowest BCUT2D eigenvalue weighted by Gasteiger charge is -2.05. The first-order valence-electron chi connectivity index (χ1n) is 5.42. The van der Waals surface area contributed by atoms with E-state index in [0.29, 0.717) is 5.69 Å². The molecule has 10 nitrogen and oxygen atoms in total. The third-order valence-electron chi connectivity index (χ3n) is 2.37. The summed E-state index contributed by atoms with van der Waals surface area (Å²) in [4.78, 5) is 48.9. The zero-order valence-corrected chi connectivity index (χ0v) is 10.0. The van der Waals surface area contributed by atoms with E-state index < -0.39 is 22.8 Å². The van der Waals surface area contributed by atoms with Crippen LogP contribution in [0.15, 0.2) is 26.5 Å². The Hall–Kier alpha value is -3.17. The largest absolute Gasteiger partial charge is 0.392 e. The number of anilines is 1. The minimum Gasteiger partial charge on any atom is -0.392 e. The Balaban J connectivity index is 2.17. The molecule has 20 heavy (non-hydrogen) atoms. The molecular weight excluding hydrogens is 268 g/mol. The van der Waals surface area contributed by atoms with Crippen LogP contribution < -0.4 is 27.9 Å². The van der Waals surface area contributed by atoms with Gasteiger partial charge >= 0.3 is 5.69 Å². The maximum Gasteiger partial charge on any atom is 0.326 e. The van der Waals surface area contributed by atoms with Crippen molar-refractivity contribution in [2.24, 2.45) is 0 Å². The molecule has 0 radical (unpaired) electrons. The number of nitrogens with two attached hydrogens (primary N) is 1. The molecule has 0 unspecified atom stereocenters. The summed E-state index contributed by atoms with van der Waals surface area (Å²) in [5.41, 5.74) is 3.02. The normalized spacial score (nSPS) is 10.2. The number of aromatic nitrogens is 4. The first kappa shape index (κ1) is 13.3. The van der Waals surface area contributed by atoms with Crippen LogP contribution in [0.1, 0.15) is 16.2 Å². The van der Waals surface area contributed by atoms with E-state index in [1.165, 1.54) is 12.1 Å². The fourth-order valence-corrected chi connectivity index (χ4v) is 1.41. The average Bonchev–Trinajstić information content (AvgIpc) is 2.42. The lowest BCUT2D eigenvalue weighted by atomic mass is 10.3. The fourth-order valence-electron chi connectivity index (χ4n) is 1.41. The van der Waals surface area contributed by atoms with E-state index in [-0.39, 0.29) is 17.8 Å². The molecule has 2 rings (SSSR count). The van der Waals surface area contributed by atoms with E-state index in [2.05, 4.69) is 20.5 Å². The van der Waals surface area contributed by atoms with E-state index >= 15 is 0 Å². The molecule has 2 aromatic heterocycles. The minimum absolute atomic E-state index is 0.0100. The molecule has 2 aromatic rings. The van der Waals surface area contributed by atoms with Crippen LogP contribution in [0, 0.1) is 0 Å². The van der Waals surface area contributed by atoms with E-state index in [4.69, 9.17) is 5.73 Å². The van der Waals surface area contributed by atoms with Crippen molar-refractivity contribution in [2.75, 3.05) is 5.73 Å². The van der Waals surface area contributed by atoms with Crippen LogP contribution in [0.2, 0.25) is 0 Å². The second kappa shape index (κ2) is 5.22. The number of carbonyl (C=O) groups excluding carboxylic acids is 1. The highest BCUT2D eigenvalue weighted by molar-refractivity contribution is 5.96. The summed E-state index contributed by atoms with van der Waals surface area (Å²) >= 11 is 0. The topological polar surface area (TPSA) is 167 Å². The Bertz CT molecular complexity index is 797. The van der Waals surface area contributed by atoms with Crippen molar-refractivity contribution in [3.63, 3.8) is 0 Å². The van der Waals surface area contributed by atoms with Crippen LogP contribution in [0.5, 0.6) is 0 Å². The van der Waals surface area contributed by atoms with Gasteiger partial charge in [-0.3, -0.25) is 19.4 Å². The molecule has 104 valence electrons. The number of amides is 1. The molecule has 1 amide bonds. The molecule has 0 fully saturated rings. The summed E-state index contributed by atoms with van der Waals surface area (Å²) in [6, 6.07) is 2.67. The number of nitrogens with one attached hydrogen (secondary N) is 4. The lowest BCUT2D eigenvalue weighted by Crippen LogP contribution is -2.33. The van der Waals surface area contributed by atoms with Crippen molar-refractivity contribution < 1.29 is 4.79 Å². The zero-order valence-electron chi connectivity index (χ0n) is 10.0. The molecular formula is C10H10N6O4. The summed E-state index contributed by atoms with van der Waals surface area (Å²) in [6.45, 7) is -0.0100. The Kier molecular flexibility index (Phi) is 3.46. The monoisotopic (exact) mass is 278 g/mol. The van der Waals surface area contributed by atoms with Gasteiger partial charge in [-0.15, -0.1) is 0 Å². The smallest absolute Gasteiger partial charge is 0.326 e. The first-order valence-corrected chi connectivity index (χ1v) is 5.42. The second-order valence-electron chi connectivity index (χ2n) is 3.79. The average molecular weight is 278 g/mol. The number of H-pyrrole nitrogens is 3. The van der Waals surface area contributed by atoms with Gasteiger partial charge in [0, 0.05) is 6.07 Å². The van der Waals surface area contributed by atoms with Gasteiger partial charge in [0.15, 0.2) is 0 Å². The highest BCUT2D eigenvalue weighted by Crippen LogP contribution is 1.99. The predicted octanol–water partition coefficient (Wildman–Crippen LogP) is -2.34. The van der Waals surface area contributed by atoms with Gasteiger partial charge in [-0.1, -0.05) is 0 Å². The molecule has 6 N–H and O–H groups in total. The third-order valence-corrected chi connectivity index (χ3v) is 2.37. The number of nitrogen functional groups attached to an aromatic ring is 1. The number of aromatic amines is 3. The maximum atomic E-state index is 11.8. The maximum absolute atomic E-state index is 11.8. The van der Waals surface area contributed by atoms with Gasteiger partial charge in [0.1, 0.15) is 11.4 Å². The molecule has 0 spiro atoms. The van der Waals surface area contributed by atoms with E-state index in [0.717, 1.165) is 0 Å². The van der Waals surface area contributed by atoms with Gasteiger partial charge in [0.2, 0.25) is 0 Å². The van der Waals surface area contributed by atoms with Crippen LogP contribution in [0.25, 0.3) is 0 Å². The standard InChI is InChI=1S/C10H10N6O4/c11-6-7(13-10(20)14-8(6)18)9(19)12-3-4-1-2-5(17)16-15-4/h1-2H,3,11H2,(H,12,19)(H,16,17)(H2,13,14,18,20). The first-order chi connectivity index (χ1) is 9.47. The highest BCUT2D eigenvalue weighted by Gasteiger charge is 2.13. The van der Waals surface area contributed by atoms with Crippen LogP contribution in [-0.4, -0.2) is 26.1 Å². The molecule has 0 aliphatic heterocycles. The van der Waals surface area contributed by atoms with Crippen LogP contribution in [0.4, 0.5) is 5.69 Å². The SMILES string of the molecule is Nc1c(C(=O)NCc2ccc(=O)[nH]n2)[nH]c(=O)[nH]c1=O. The summed E-state index contributed by atoms with van der Waals surface area (Å²) < 4.78 is 0. The number of hydrogen-bond acceptors (Lipinski definition) is 6. The van der Waals surface area contributed by atoms with Crippen molar-refractivity contribution in [3.05, 3.63) is 54.7 Å². The minimum atomic E-state index is -0.846. The van der Waals surface area contributed by atoms with Crippen molar-refractivity contribution in [3.8, 4) is 0 Å². The van der Waals surface area contributed by atoms with Crippen molar-refractivity contribution >= 4 is 11.6 Å². The van der Waals surface area contributed by atoms with Crippen molar-refractivity contribution in [2.45, 2.75) is 6.54 Å². The van der Waals surface area contributed by atoms with Gasteiger partial charge < -0.3 is 16.0 Å². The van der Waals surface area contributed by atoms with Crippen LogP contribution >= 0.6 is 0 Å². The Morgan fingerprint density at radius 3 is 2.65 bits per heavy atom. The van der Waals surface area contributed by atoms with Crippen LogP contribution in [-0.2, 0) is 6.54 Å². The number of nitrogens with zero attached hydrogens (tertiary/aromatic N) is 1. The van der Waals surface area contributed by atoms with Gasteiger partial charge in [-0.05, 0) is 6.07 Å². The summed E-state index contributed by atoms with van der Waals surface area (Å²) in [6.07, 6.45) is 0. The number of hydrogen-bond donors (Lipinski definition) is 5. The fraction of sp³-hybridized carbons (Fsp3) is 0.100. The highest BCUT2D eigenvalue weighted by atomic mass is 16.2. The van der Waals surface area contributed by atoms with Crippen molar-refractivity contribution in [1.82, 2.24) is 25.5 Å². The van der Waals surface area contributed by atoms with Gasteiger partial charge in [-0.2, -0.15) is 5.10 Å². The molecule has 0 aliphatic carbocycles. The van der Waals surface area contributed by atoms with Gasteiger partial charge in [-0.25, -0.2) is 9.89 Å². The lowest BCUT2D eigenvalue weighted by molar-refractivity contribution is 0.0945. The van der Waals surface area contributed by atoms with Crippen molar-refractivity contribution in [1.29, 1.82) is 0 Å². The van der Waals surface area contributed by atoms with Gasteiger partial charge in [0.05, 0.1) is 12.2 Å². The van der Waals surface area contributed by atoms with E-state index in [1.807, 2.05) is 4.98 Å². The second-order valence-corrected chi connectivity index (χ2v) is 3.79. The molecule has 0 saturated carbocycles.